The van der Waals surface area contributed by atoms with Crippen molar-refractivity contribution in [1.82, 2.24) is 5.01 Å². The van der Waals surface area contributed by atoms with E-state index in [-0.39, 0.29) is 41.3 Å². The second kappa shape index (κ2) is 6.12. The van der Waals surface area contributed by atoms with Crippen LogP contribution in [0.15, 0.2) is 58.1 Å². The van der Waals surface area contributed by atoms with Crippen LogP contribution in [0.5, 0.6) is 0 Å². The van der Waals surface area contributed by atoms with E-state index in [0.717, 1.165) is 17.0 Å². The Morgan fingerprint density at radius 2 is 1.68 bits per heavy atom. The summed E-state index contributed by atoms with van der Waals surface area (Å²) in [5, 5.41) is 5.13. The number of benzene rings is 1. The molecular formula is C22H18N2O4. The van der Waals surface area contributed by atoms with Crippen LogP contribution in [0.4, 0.5) is 0 Å². The highest BCUT2D eigenvalue weighted by molar-refractivity contribution is 6.06. The molecule has 28 heavy (non-hydrogen) atoms. The van der Waals surface area contributed by atoms with Gasteiger partial charge in [0.1, 0.15) is 11.5 Å². The van der Waals surface area contributed by atoms with Crippen molar-refractivity contribution >= 4 is 23.8 Å². The lowest BCUT2D eigenvalue weighted by Crippen LogP contribution is -2.28. The van der Waals surface area contributed by atoms with Crippen molar-refractivity contribution < 1.29 is 18.8 Å². The van der Waals surface area contributed by atoms with E-state index < -0.39 is 0 Å². The molecule has 1 saturated heterocycles. The Bertz CT molecular complexity index is 1020. The van der Waals surface area contributed by atoms with Crippen LogP contribution in [0.3, 0.4) is 0 Å². The minimum atomic E-state index is -0.258. The quantitative estimate of drug-likeness (QED) is 0.356. The van der Waals surface area contributed by atoms with Crippen LogP contribution in [-0.2, 0) is 9.59 Å². The van der Waals surface area contributed by atoms with E-state index in [1.807, 2.05) is 12.1 Å². The SMILES string of the molecule is CC(=O)c1ccc(-c2ccc(C=NN3C(=O)[C@@H]4[C@H](C3=O)[C@H]3C=C[C@H]4C3)o2)cc1. The molecule has 6 heteroatoms. The first-order valence-electron chi connectivity index (χ1n) is 9.34. The van der Waals surface area contributed by atoms with Gasteiger partial charge >= 0.3 is 0 Å². The Balaban J connectivity index is 1.33. The normalized spacial score (nSPS) is 28.0. The number of fused-ring (bicyclic) bond motifs is 5. The molecule has 2 aliphatic carbocycles. The summed E-state index contributed by atoms with van der Waals surface area (Å²) in [6.45, 7) is 1.52. The first kappa shape index (κ1) is 16.9. The lowest BCUT2D eigenvalue weighted by Gasteiger charge is -2.13. The van der Waals surface area contributed by atoms with Gasteiger partial charge in [-0.15, -0.1) is 0 Å². The van der Waals surface area contributed by atoms with E-state index in [2.05, 4.69) is 17.3 Å². The number of carbonyl (C=O) groups excluding carboxylic acids is 3. The molecule has 0 spiro atoms. The van der Waals surface area contributed by atoms with Gasteiger partial charge in [0.2, 0.25) is 0 Å². The van der Waals surface area contributed by atoms with Gasteiger partial charge in [-0.3, -0.25) is 14.4 Å². The number of nitrogens with zero attached hydrogens (tertiary/aromatic N) is 2. The van der Waals surface area contributed by atoms with Gasteiger partial charge in [-0.05, 0) is 37.3 Å². The third kappa shape index (κ3) is 2.48. The minimum Gasteiger partial charge on any atom is -0.455 e. The Kier molecular flexibility index (Phi) is 3.69. The fourth-order valence-electron chi connectivity index (χ4n) is 4.56. The highest BCUT2D eigenvalue weighted by Crippen LogP contribution is 2.52. The average molecular weight is 374 g/mol. The lowest BCUT2D eigenvalue weighted by atomic mass is 9.85. The zero-order valence-corrected chi connectivity index (χ0v) is 15.2. The maximum atomic E-state index is 12.6. The molecule has 140 valence electrons. The fraction of sp³-hybridized carbons (Fsp3) is 0.273. The zero-order chi connectivity index (χ0) is 19.4. The zero-order valence-electron chi connectivity index (χ0n) is 15.2. The van der Waals surface area contributed by atoms with Crippen molar-refractivity contribution in [3.8, 4) is 11.3 Å². The van der Waals surface area contributed by atoms with Crippen LogP contribution in [0, 0.1) is 23.7 Å². The van der Waals surface area contributed by atoms with Gasteiger partial charge in [0.25, 0.3) is 11.8 Å². The van der Waals surface area contributed by atoms with E-state index in [4.69, 9.17) is 4.42 Å². The van der Waals surface area contributed by atoms with Crippen LogP contribution in [0.25, 0.3) is 11.3 Å². The second-order valence-corrected chi connectivity index (χ2v) is 7.57. The number of hydrogen-bond acceptors (Lipinski definition) is 5. The molecule has 1 aromatic heterocycles. The van der Waals surface area contributed by atoms with Crippen LogP contribution in [0.1, 0.15) is 29.5 Å². The van der Waals surface area contributed by atoms with Gasteiger partial charge in [0.05, 0.1) is 18.1 Å². The molecule has 0 radical (unpaired) electrons. The Labute approximate surface area is 161 Å². The lowest BCUT2D eigenvalue weighted by molar-refractivity contribution is -0.140. The molecule has 2 amide bonds. The summed E-state index contributed by atoms with van der Waals surface area (Å²) in [7, 11) is 0. The summed E-state index contributed by atoms with van der Waals surface area (Å²) in [5.41, 5.74) is 1.47. The Hall–Kier alpha value is -3.28. The maximum Gasteiger partial charge on any atom is 0.254 e. The molecule has 1 aliphatic heterocycles. The fourth-order valence-corrected chi connectivity index (χ4v) is 4.56. The first-order chi connectivity index (χ1) is 13.5. The van der Waals surface area contributed by atoms with Gasteiger partial charge in [-0.2, -0.15) is 10.1 Å². The smallest absolute Gasteiger partial charge is 0.254 e. The third-order valence-corrected chi connectivity index (χ3v) is 5.95. The van der Waals surface area contributed by atoms with Crippen molar-refractivity contribution in [3.63, 3.8) is 0 Å². The van der Waals surface area contributed by atoms with Crippen LogP contribution in [0.2, 0.25) is 0 Å². The minimum absolute atomic E-state index is 0.00664. The average Bonchev–Trinajstić information content (AvgIpc) is 3.46. The van der Waals surface area contributed by atoms with Crippen LogP contribution in [-0.4, -0.2) is 28.8 Å². The summed E-state index contributed by atoms with van der Waals surface area (Å²) in [5.74, 6) is 0.466. The topological polar surface area (TPSA) is 80.0 Å². The highest BCUT2D eigenvalue weighted by Gasteiger charge is 2.59. The molecule has 2 heterocycles. The van der Waals surface area contributed by atoms with Gasteiger partial charge < -0.3 is 4.42 Å². The van der Waals surface area contributed by atoms with Gasteiger partial charge in [-0.1, -0.05) is 36.4 Å². The van der Waals surface area contributed by atoms with Crippen molar-refractivity contribution in [2.45, 2.75) is 13.3 Å². The number of ketones is 1. The van der Waals surface area contributed by atoms with Gasteiger partial charge in [0, 0.05) is 11.1 Å². The number of furan rings is 1. The van der Waals surface area contributed by atoms with Crippen molar-refractivity contribution in [2.75, 3.05) is 0 Å². The summed E-state index contributed by atoms with van der Waals surface area (Å²) in [4.78, 5) is 36.6. The summed E-state index contributed by atoms with van der Waals surface area (Å²) in [6.07, 6.45) is 6.41. The largest absolute Gasteiger partial charge is 0.455 e. The Morgan fingerprint density at radius 3 is 2.29 bits per heavy atom. The predicted octanol–water partition coefficient (Wildman–Crippen LogP) is 3.29. The summed E-state index contributed by atoms with van der Waals surface area (Å²) >= 11 is 0. The number of rotatable bonds is 4. The summed E-state index contributed by atoms with van der Waals surface area (Å²) < 4.78 is 5.75. The molecule has 1 aromatic carbocycles. The van der Waals surface area contributed by atoms with Crippen LogP contribution >= 0.6 is 0 Å². The number of amides is 2. The van der Waals surface area contributed by atoms with Crippen molar-refractivity contribution in [3.05, 3.63) is 59.9 Å². The molecule has 3 aliphatic rings. The first-order valence-corrected chi connectivity index (χ1v) is 9.34. The molecule has 2 fully saturated rings. The van der Waals surface area contributed by atoms with E-state index in [9.17, 15) is 14.4 Å². The second-order valence-electron chi connectivity index (χ2n) is 7.57. The number of carbonyl (C=O) groups is 3. The maximum absolute atomic E-state index is 12.6. The predicted molar refractivity (Wildman–Crippen MR) is 101 cm³/mol. The molecule has 0 N–H and O–H groups in total. The van der Waals surface area contributed by atoms with E-state index in [0.29, 0.717) is 17.1 Å². The number of hydrogen-bond donors (Lipinski definition) is 0. The number of allylic oxidation sites excluding steroid dienone is 2. The van der Waals surface area contributed by atoms with E-state index in [1.165, 1.54) is 13.1 Å². The molecule has 5 rings (SSSR count). The third-order valence-electron chi connectivity index (χ3n) is 5.95. The molecule has 2 bridgehead atoms. The molecule has 1 saturated carbocycles. The highest BCUT2D eigenvalue weighted by atomic mass is 16.3. The number of imide groups is 1. The molecule has 0 unspecified atom stereocenters. The van der Waals surface area contributed by atoms with Crippen molar-refractivity contribution in [2.24, 2.45) is 28.8 Å². The van der Waals surface area contributed by atoms with Crippen molar-refractivity contribution in [1.29, 1.82) is 0 Å². The molecular weight excluding hydrogens is 356 g/mol. The molecule has 4 atom stereocenters. The number of Topliss-reactive ketones (excluding diaryl/α,β-unsaturated/α-hetero) is 1. The monoisotopic (exact) mass is 374 g/mol. The van der Waals surface area contributed by atoms with Gasteiger partial charge in [0.15, 0.2) is 5.78 Å². The Morgan fingerprint density at radius 1 is 1.04 bits per heavy atom. The standard InChI is InChI=1S/C22H18N2O4/c1-12(25)13-2-4-14(5-3-13)18-9-8-17(28-18)11-23-24-21(26)19-15-6-7-16(10-15)20(19)22(24)27/h2-9,11,15-16,19-20H,10H2,1H3/t15-,16-,19-,20+/m0/s1. The number of hydrazone groups is 1. The molecule has 2 aromatic rings. The van der Waals surface area contributed by atoms with E-state index >= 15 is 0 Å². The van der Waals surface area contributed by atoms with Crippen LogP contribution < -0.4 is 0 Å². The molecule has 6 nitrogen and oxygen atoms in total. The van der Waals surface area contributed by atoms with E-state index in [1.54, 1.807) is 24.3 Å². The summed E-state index contributed by atoms with van der Waals surface area (Å²) in [6, 6.07) is 10.6. The van der Waals surface area contributed by atoms with Gasteiger partial charge in [-0.25, -0.2) is 0 Å².